The van der Waals surface area contributed by atoms with Crippen LogP contribution in [0.15, 0.2) is 77.8 Å². The number of hydrogen-bond acceptors (Lipinski definition) is 4. The minimum atomic E-state index is -3.52. The third kappa shape index (κ3) is 4.60. The maximum Gasteiger partial charge on any atom is 0.221 e. The van der Waals surface area contributed by atoms with Crippen LogP contribution in [0.3, 0.4) is 0 Å². The van der Waals surface area contributed by atoms with Gasteiger partial charge in [-0.2, -0.15) is 0 Å². The van der Waals surface area contributed by atoms with Gasteiger partial charge in [0.2, 0.25) is 5.91 Å². The van der Waals surface area contributed by atoms with Crippen molar-refractivity contribution in [3.63, 3.8) is 0 Å². The summed E-state index contributed by atoms with van der Waals surface area (Å²) in [6.07, 6.45) is 4.56. The molecule has 1 unspecified atom stereocenters. The van der Waals surface area contributed by atoms with Crippen LogP contribution in [0.1, 0.15) is 41.3 Å². The van der Waals surface area contributed by atoms with E-state index in [0.717, 1.165) is 30.4 Å². The summed E-state index contributed by atoms with van der Waals surface area (Å²) in [5.74, 6) is -0.541. The summed E-state index contributed by atoms with van der Waals surface area (Å²) in [7, 11) is -3.52. The van der Waals surface area contributed by atoms with Crippen molar-refractivity contribution in [1.82, 2.24) is 10.3 Å². The fraction of sp³-hybridized carbons (Fsp3) is 0.250. The number of nitrogens with zero attached hydrogens (tertiary/aromatic N) is 1. The normalized spacial score (nSPS) is 14.1. The number of carbonyl (C=O) groups excluding carboxylic acids is 1. The zero-order valence-electron chi connectivity index (χ0n) is 16.6. The number of benzene rings is 2. The molecule has 1 N–H and O–H groups in total. The van der Waals surface area contributed by atoms with E-state index in [1.54, 1.807) is 18.3 Å². The Kier molecular flexibility index (Phi) is 5.95. The lowest BCUT2D eigenvalue weighted by atomic mass is 10.0. The van der Waals surface area contributed by atoms with E-state index in [-0.39, 0.29) is 18.1 Å². The second kappa shape index (κ2) is 8.79. The van der Waals surface area contributed by atoms with Gasteiger partial charge in [-0.25, -0.2) is 8.42 Å². The van der Waals surface area contributed by atoms with Crippen molar-refractivity contribution in [3.05, 3.63) is 95.3 Å². The highest BCUT2D eigenvalue weighted by atomic mass is 32.2. The van der Waals surface area contributed by atoms with Gasteiger partial charge in [0.25, 0.3) is 0 Å². The predicted octanol–water partition coefficient (Wildman–Crippen LogP) is 3.64. The van der Waals surface area contributed by atoms with Crippen LogP contribution in [0.25, 0.3) is 0 Å². The Labute approximate surface area is 177 Å². The standard InChI is InChI=1S/C24H24N2O3S/c27-23(14-16-30(28,29)21-13-12-18-9-6-10-20(18)17-21)26-24(19-7-2-1-3-8-19)22-11-4-5-15-25-22/h1-5,7-8,11-13,15,17,24H,6,9-10,14,16H2,(H,26,27). The second-order valence-corrected chi connectivity index (χ2v) is 9.63. The van der Waals surface area contributed by atoms with E-state index in [4.69, 9.17) is 0 Å². The molecule has 1 aromatic heterocycles. The summed E-state index contributed by atoms with van der Waals surface area (Å²) < 4.78 is 25.5. The Balaban J connectivity index is 1.46. The lowest BCUT2D eigenvalue weighted by molar-refractivity contribution is -0.121. The molecule has 0 spiro atoms. The molecule has 0 radical (unpaired) electrons. The minimum Gasteiger partial charge on any atom is -0.344 e. The fourth-order valence-corrected chi connectivity index (χ4v) is 5.13. The number of rotatable bonds is 7. The third-order valence-corrected chi connectivity index (χ3v) is 7.16. The summed E-state index contributed by atoms with van der Waals surface area (Å²) in [5.41, 5.74) is 3.94. The molecule has 0 fully saturated rings. The smallest absolute Gasteiger partial charge is 0.221 e. The largest absolute Gasteiger partial charge is 0.344 e. The first-order valence-electron chi connectivity index (χ1n) is 10.1. The van der Waals surface area contributed by atoms with E-state index in [1.165, 1.54) is 5.56 Å². The number of aromatic nitrogens is 1. The molecule has 0 saturated carbocycles. The van der Waals surface area contributed by atoms with Crippen molar-refractivity contribution in [2.75, 3.05) is 5.75 Å². The first-order chi connectivity index (χ1) is 14.5. The highest BCUT2D eigenvalue weighted by Crippen LogP contribution is 2.25. The first-order valence-corrected chi connectivity index (χ1v) is 11.8. The minimum absolute atomic E-state index is 0.102. The van der Waals surface area contributed by atoms with E-state index in [2.05, 4.69) is 10.3 Å². The maximum atomic E-state index is 12.8. The van der Waals surface area contributed by atoms with E-state index < -0.39 is 15.9 Å². The van der Waals surface area contributed by atoms with Gasteiger partial charge in [-0.05, 0) is 60.2 Å². The van der Waals surface area contributed by atoms with Crippen molar-refractivity contribution in [1.29, 1.82) is 0 Å². The number of sulfone groups is 1. The zero-order chi connectivity index (χ0) is 21.0. The lowest BCUT2D eigenvalue weighted by Crippen LogP contribution is -2.31. The Hall–Kier alpha value is -2.99. The molecule has 1 aliphatic rings. The van der Waals surface area contributed by atoms with E-state index in [9.17, 15) is 13.2 Å². The van der Waals surface area contributed by atoms with E-state index in [1.807, 2.05) is 54.6 Å². The average molecular weight is 421 g/mol. The van der Waals surface area contributed by atoms with Gasteiger partial charge in [-0.15, -0.1) is 0 Å². The number of fused-ring (bicyclic) bond motifs is 1. The fourth-order valence-electron chi connectivity index (χ4n) is 3.84. The molecular formula is C24H24N2O3S. The van der Waals surface area contributed by atoms with Gasteiger partial charge in [0.05, 0.1) is 22.4 Å². The van der Waals surface area contributed by atoms with E-state index >= 15 is 0 Å². The number of hydrogen-bond donors (Lipinski definition) is 1. The monoisotopic (exact) mass is 420 g/mol. The van der Waals surface area contributed by atoms with Crippen LogP contribution in [0.2, 0.25) is 0 Å². The Morgan fingerprint density at radius 3 is 2.50 bits per heavy atom. The number of pyridine rings is 1. The van der Waals surface area contributed by atoms with Crippen molar-refractivity contribution in [2.24, 2.45) is 0 Å². The molecule has 2 aromatic carbocycles. The lowest BCUT2D eigenvalue weighted by Gasteiger charge is -2.19. The molecular weight excluding hydrogens is 396 g/mol. The zero-order valence-corrected chi connectivity index (χ0v) is 17.4. The quantitative estimate of drug-likeness (QED) is 0.633. The molecule has 3 aromatic rings. The molecule has 1 heterocycles. The molecule has 4 rings (SSSR count). The van der Waals surface area contributed by atoms with Gasteiger partial charge in [-0.1, -0.05) is 42.5 Å². The highest BCUT2D eigenvalue weighted by Gasteiger charge is 2.22. The second-order valence-electron chi connectivity index (χ2n) is 7.52. The van der Waals surface area contributed by atoms with Gasteiger partial charge in [-0.3, -0.25) is 9.78 Å². The van der Waals surface area contributed by atoms with Gasteiger partial charge in [0.15, 0.2) is 9.84 Å². The van der Waals surface area contributed by atoms with Crippen molar-refractivity contribution in [3.8, 4) is 0 Å². The molecule has 0 bridgehead atoms. The van der Waals surface area contributed by atoms with Gasteiger partial charge in [0, 0.05) is 12.6 Å². The van der Waals surface area contributed by atoms with Crippen molar-refractivity contribution in [2.45, 2.75) is 36.6 Å². The summed E-state index contributed by atoms with van der Waals surface area (Å²) in [6, 6.07) is 20.0. The Morgan fingerprint density at radius 1 is 0.967 bits per heavy atom. The average Bonchev–Trinajstić information content (AvgIpc) is 3.25. The van der Waals surface area contributed by atoms with Crippen LogP contribution in [0.5, 0.6) is 0 Å². The Bertz CT molecular complexity index is 1090. The van der Waals surface area contributed by atoms with Gasteiger partial charge < -0.3 is 5.32 Å². The third-order valence-electron chi connectivity index (χ3n) is 5.45. The summed E-state index contributed by atoms with van der Waals surface area (Å²) in [6.45, 7) is 0. The predicted molar refractivity (Wildman–Crippen MR) is 116 cm³/mol. The summed E-state index contributed by atoms with van der Waals surface area (Å²) >= 11 is 0. The van der Waals surface area contributed by atoms with Gasteiger partial charge in [0.1, 0.15) is 0 Å². The SMILES string of the molecule is O=C(CCS(=O)(=O)c1ccc2c(c1)CCC2)NC(c1ccccc1)c1ccccn1. The van der Waals surface area contributed by atoms with Crippen LogP contribution in [0, 0.1) is 0 Å². The number of amides is 1. The van der Waals surface area contributed by atoms with Crippen LogP contribution < -0.4 is 5.32 Å². The highest BCUT2D eigenvalue weighted by molar-refractivity contribution is 7.91. The van der Waals surface area contributed by atoms with Gasteiger partial charge >= 0.3 is 0 Å². The molecule has 154 valence electrons. The van der Waals surface area contributed by atoms with Crippen molar-refractivity contribution < 1.29 is 13.2 Å². The molecule has 5 nitrogen and oxygen atoms in total. The molecule has 1 aliphatic carbocycles. The van der Waals surface area contributed by atoms with Crippen LogP contribution in [-0.4, -0.2) is 25.1 Å². The maximum absolute atomic E-state index is 12.8. The molecule has 1 amide bonds. The number of aryl methyl sites for hydroxylation is 2. The molecule has 1 atom stereocenters. The van der Waals surface area contributed by atoms with Crippen molar-refractivity contribution >= 4 is 15.7 Å². The number of carbonyl (C=O) groups is 1. The van der Waals surface area contributed by atoms with Crippen LogP contribution in [0.4, 0.5) is 0 Å². The van der Waals surface area contributed by atoms with Crippen LogP contribution in [-0.2, 0) is 27.5 Å². The summed E-state index contributed by atoms with van der Waals surface area (Å²) in [4.78, 5) is 17.3. The molecule has 0 aliphatic heterocycles. The summed E-state index contributed by atoms with van der Waals surface area (Å²) in [5, 5.41) is 2.95. The first kappa shape index (κ1) is 20.3. The molecule has 30 heavy (non-hydrogen) atoms. The topological polar surface area (TPSA) is 76.1 Å². The van der Waals surface area contributed by atoms with Crippen LogP contribution >= 0.6 is 0 Å². The molecule has 0 saturated heterocycles. The Morgan fingerprint density at radius 2 is 1.73 bits per heavy atom. The molecule has 6 heteroatoms. The number of nitrogens with one attached hydrogen (secondary N) is 1. The van der Waals surface area contributed by atoms with E-state index in [0.29, 0.717) is 10.6 Å².